The van der Waals surface area contributed by atoms with E-state index in [1.807, 2.05) is 0 Å². The average molecular weight is 646 g/mol. The van der Waals surface area contributed by atoms with E-state index >= 15 is 0 Å². The Morgan fingerprint density at radius 2 is 1.74 bits per heavy atom. The molecule has 13 heteroatoms. The molecule has 1 N–H and O–H groups in total. The van der Waals surface area contributed by atoms with E-state index < -0.39 is 63.9 Å². The van der Waals surface area contributed by atoms with Crippen LogP contribution in [0.1, 0.15) is 79.3 Å². The summed E-state index contributed by atoms with van der Waals surface area (Å²) in [6.07, 6.45) is -0.360. The SMILES string of the molecule is COc1ccc(NC(=O)C(c2ccc(F)cc2)N(CC[C@H]2C[C@@H](CC(=O)OC(C)(C)C)OC(C)(C)O2)C(=O)C(C)C)c([N+](=O)[O-])c1. The van der Waals surface area contributed by atoms with E-state index in [1.165, 1.54) is 54.5 Å². The summed E-state index contributed by atoms with van der Waals surface area (Å²) in [5.41, 5.74) is -0.850. The first-order chi connectivity index (χ1) is 21.4. The van der Waals surface area contributed by atoms with Crippen LogP contribution in [0.25, 0.3) is 0 Å². The third-order valence-corrected chi connectivity index (χ3v) is 7.12. The summed E-state index contributed by atoms with van der Waals surface area (Å²) in [4.78, 5) is 52.8. The van der Waals surface area contributed by atoms with Gasteiger partial charge in [-0.2, -0.15) is 0 Å². The monoisotopic (exact) mass is 645 g/mol. The Balaban J connectivity index is 1.93. The highest BCUT2D eigenvalue weighted by Gasteiger charge is 2.39. The molecule has 1 saturated heterocycles. The zero-order chi connectivity index (χ0) is 34.4. The molecule has 1 aliphatic rings. The Morgan fingerprint density at radius 1 is 1.11 bits per heavy atom. The van der Waals surface area contributed by atoms with Gasteiger partial charge in [-0.15, -0.1) is 0 Å². The highest BCUT2D eigenvalue weighted by molar-refractivity contribution is 5.99. The molecule has 12 nitrogen and oxygen atoms in total. The topological polar surface area (TPSA) is 147 Å². The number of nitrogens with one attached hydrogen (secondary N) is 1. The van der Waals surface area contributed by atoms with Gasteiger partial charge in [-0.1, -0.05) is 26.0 Å². The van der Waals surface area contributed by atoms with Crippen molar-refractivity contribution in [3.05, 3.63) is 64.0 Å². The van der Waals surface area contributed by atoms with Crippen molar-refractivity contribution in [1.82, 2.24) is 4.90 Å². The van der Waals surface area contributed by atoms with Crippen LogP contribution in [-0.2, 0) is 28.6 Å². The van der Waals surface area contributed by atoms with E-state index in [9.17, 15) is 28.9 Å². The molecule has 1 unspecified atom stereocenters. The van der Waals surface area contributed by atoms with Crippen molar-refractivity contribution in [1.29, 1.82) is 0 Å². The molecule has 252 valence electrons. The standard InChI is InChI=1S/C33H44FN3O9/c1-20(2)31(40)36(16-15-24-17-25(45-33(6,7)44-24)19-28(38)46-32(3,4)5)29(21-9-11-22(34)12-10-21)30(39)35-26-14-13-23(43-8)18-27(26)37(41)42/h9-14,18,20,24-25,29H,15-17,19H2,1-8H3,(H,35,39)/t24-,25-,29?/m0/s1. The number of amides is 2. The summed E-state index contributed by atoms with van der Waals surface area (Å²) >= 11 is 0. The lowest BCUT2D eigenvalue weighted by Gasteiger charge is -2.42. The summed E-state index contributed by atoms with van der Waals surface area (Å²) in [6, 6.07) is 7.85. The number of nitro groups is 1. The van der Waals surface area contributed by atoms with Crippen LogP contribution in [0, 0.1) is 21.8 Å². The third-order valence-electron chi connectivity index (χ3n) is 7.12. The minimum Gasteiger partial charge on any atom is -0.496 e. The minimum absolute atomic E-state index is 0.0104. The van der Waals surface area contributed by atoms with Gasteiger partial charge in [-0.3, -0.25) is 24.5 Å². The van der Waals surface area contributed by atoms with Crippen molar-refractivity contribution in [3.63, 3.8) is 0 Å². The fourth-order valence-electron chi connectivity index (χ4n) is 5.29. The number of ether oxygens (including phenoxy) is 4. The lowest BCUT2D eigenvalue weighted by atomic mass is 9.99. The molecule has 0 aliphatic carbocycles. The second kappa shape index (κ2) is 15.0. The van der Waals surface area contributed by atoms with Crippen LogP contribution in [0.2, 0.25) is 0 Å². The predicted octanol–water partition coefficient (Wildman–Crippen LogP) is 5.94. The van der Waals surface area contributed by atoms with Gasteiger partial charge in [-0.25, -0.2) is 4.39 Å². The molecule has 3 atom stereocenters. The van der Waals surface area contributed by atoms with Crippen LogP contribution < -0.4 is 10.1 Å². The first-order valence-corrected chi connectivity index (χ1v) is 15.2. The van der Waals surface area contributed by atoms with Crippen LogP contribution in [0.15, 0.2) is 42.5 Å². The highest BCUT2D eigenvalue weighted by atomic mass is 19.1. The molecule has 46 heavy (non-hydrogen) atoms. The smallest absolute Gasteiger partial charge is 0.308 e. The summed E-state index contributed by atoms with van der Waals surface area (Å²) < 4.78 is 36.7. The minimum atomic E-state index is -1.28. The predicted molar refractivity (Wildman–Crippen MR) is 167 cm³/mol. The molecule has 1 fully saturated rings. The van der Waals surface area contributed by atoms with Crippen molar-refractivity contribution in [2.24, 2.45) is 5.92 Å². The molecule has 0 radical (unpaired) electrons. The number of halogens is 1. The van der Waals surface area contributed by atoms with Gasteiger partial charge in [0.1, 0.15) is 28.9 Å². The Labute approximate surface area is 268 Å². The van der Waals surface area contributed by atoms with Crippen LogP contribution in [-0.4, -0.2) is 64.9 Å². The molecular formula is C33H44FN3O9. The van der Waals surface area contributed by atoms with Gasteiger partial charge in [0.15, 0.2) is 5.79 Å². The number of nitro benzene ring substituents is 1. The Hall–Kier alpha value is -4.10. The van der Waals surface area contributed by atoms with Gasteiger partial charge in [0.25, 0.3) is 11.6 Å². The summed E-state index contributed by atoms with van der Waals surface area (Å²) in [6.45, 7) is 12.2. The van der Waals surface area contributed by atoms with E-state index in [0.29, 0.717) is 12.0 Å². The summed E-state index contributed by atoms with van der Waals surface area (Å²) in [7, 11) is 1.36. The zero-order valence-electron chi connectivity index (χ0n) is 27.6. The highest BCUT2D eigenvalue weighted by Crippen LogP contribution is 2.34. The van der Waals surface area contributed by atoms with Crippen LogP contribution in [0.5, 0.6) is 5.75 Å². The number of methoxy groups -OCH3 is 1. The second-order valence-electron chi connectivity index (χ2n) is 13.0. The maximum absolute atomic E-state index is 14.0. The molecule has 2 aromatic rings. The lowest BCUT2D eigenvalue weighted by Crippen LogP contribution is -2.48. The molecule has 1 aliphatic heterocycles. The molecular weight excluding hydrogens is 601 g/mol. The average Bonchev–Trinajstić information content (AvgIpc) is 2.93. The number of benzene rings is 2. The van der Waals surface area contributed by atoms with Crippen molar-refractivity contribution >= 4 is 29.2 Å². The maximum Gasteiger partial charge on any atom is 0.308 e. The first-order valence-electron chi connectivity index (χ1n) is 15.2. The Morgan fingerprint density at radius 3 is 2.30 bits per heavy atom. The van der Waals surface area contributed by atoms with E-state index in [-0.39, 0.29) is 36.7 Å². The molecule has 1 heterocycles. The van der Waals surface area contributed by atoms with Crippen LogP contribution >= 0.6 is 0 Å². The van der Waals surface area contributed by atoms with E-state index in [2.05, 4.69) is 5.32 Å². The number of esters is 1. The van der Waals surface area contributed by atoms with Gasteiger partial charge >= 0.3 is 5.97 Å². The molecule has 0 saturated carbocycles. The molecule has 0 spiro atoms. The molecule has 3 rings (SSSR count). The van der Waals surface area contributed by atoms with Crippen molar-refractivity contribution in [2.45, 2.75) is 97.4 Å². The number of rotatable bonds is 12. The fraction of sp³-hybridized carbons (Fsp3) is 0.545. The van der Waals surface area contributed by atoms with Crippen molar-refractivity contribution in [2.75, 3.05) is 19.0 Å². The summed E-state index contributed by atoms with van der Waals surface area (Å²) in [5.74, 6) is -3.40. The number of carbonyl (C=O) groups is 3. The fourth-order valence-corrected chi connectivity index (χ4v) is 5.29. The normalized spacial score (nSPS) is 18.4. The molecule has 0 aromatic heterocycles. The second-order valence-corrected chi connectivity index (χ2v) is 13.0. The number of hydrogen-bond donors (Lipinski definition) is 1. The first kappa shape index (κ1) is 36.4. The summed E-state index contributed by atoms with van der Waals surface area (Å²) in [5, 5.41) is 14.4. The van der Waals surface area contributed by atoms with E-state index in [1.54, 1.807) is 48.5 Å². The van der Waals surface area contributed by atoms with Gasteiger partial charge in [-0.05, 0) is 70.9 Å². The molecule has 0 bridgehead atoms. The lowest BCUT2D eigenvalue weighted by molar-refractivity contribution is -0.384. The number of carbonyl (C=O) groups excluding carboxylic acids is 3. The van der Waals surface area contributed by atoms with Crippen molar-refractivity contribution < 1.29 is 42.6 Å². The van der Waals surface area contributed by atoms with Crippen LogP contribution in [0.3, 0.4) is 0 Å². The Bertz CT molecular complexity index is 1410. The van der Waals surface area contributed by atoms with Gasteiger partial charge in [0, 0.05) is 18.9 Å². The van der Waals surface area contributed by atoms with Crippen molar-refractivity contribution in [3.8, 4) is 5.75 Å². The van der Waals surface area contributed by atoms with Gasteiger partial charge in [0.2, 0.25) is 5.91 Å². The molecule has 2 aromatic carbocycles. The van der Waals surface area contributed by atoms with Crippen LogP contribution in [0.4, 0.5) is 15.8 Å². The van der Waals surface area contributed by atoms with E-state index in [0.717, 1.165) is 0 Å². The third kappa shape index (κ3) is 10.2. The number of hydrogen-bond acceptors (Lipinski definition) is 9. The number of nitrogens with zero attached hydrogens (tertiary/aromatic N) is 2. The van der Waals surface area contributed by atoms with Gasteiger partial charge < -0.3 is 29.2 Å². The number of anilines is 1. The van der Waals surface area contributed by atoms with E-state index in [4.69, 9.17) is 18.9 Å². The molecule has 2 amide bonds. The quantitative estimate of drug-likeness (QED) is 0.168. The van der Waals surface area contributed by atoms with Gasteiger partial charge in [0.05, 0.1) is 36.7 Å². The zero-order valence-corrected chi connectivity index (χ0v) is 27.6. The largest absolute Gasteiger partial charge is 0.496 e. The Kier molecular flexibility index (Phi) is 11.9. The maximum atomic E-state index is 14.0.